The Balaban J connectivity index is 2.08. The normalized spacial score (nSPS) is 27.9. The molecule has 104 valence electrons. The van der Waals surface area contributed by atoms with Crippen molar-refractivity contribution in [2.24, 2.45) is 5.92 Å². The van der Waals surface area contributed by atoms with E-state index in [1.54, 1.807) is 0 Å². The molecule has 1 aliphatic carbocycles. The van der Waals surface area contributed by atoms with Gasteiger partial charge in [0.05, 0.1) is 0 Å². The maximum Gasteiger partial charge on any atom is 0.0338 e. The highest BCUT2D eigenvalue weighted by atomic mass is 15.3. The molecule has 0 amide bonds. The van der Waals surface area contributed by atoms with Gasteiger partial charge >= 0.3 is 0 Å². The summed E-state index contributed by atoms with van der Waals surface area (Å²) in [7, 11) is 0. The third kappa shape index (κ3) is 2.97. The summed E-state index contributed by atoms with van der Waals surface area (Å²) >= 11 is 0. The van der Waals surface area contributed by atoms with Crippen LogP contribution in [0.15, 0.2) is 11.6 Å². The lowest BCUT2D eigenvalue weighted by atomic mass is 9.88. The quantitative estimate of drug-likeness (QED) is 0.774. The molecule has 0 aromatic heterocycles. The average molecular weight is 250 g/mol. The van der Waals surface area contributed by atoms with Crippen LogP contribution in [0.2, 0.25) is 0 Å². The lowest BCUT2D eigenvalue weighted by molar-refractivity contribution is 0.0435. The Kier molecular flexibility index (Phi) is 4.50. The third-order valence-electron chi connectivity index (χ3n) is 4.84. The number of nitrogens with zero attached hydrogens (tertiary/aromatic N) is 1. The van der Waals surface area contributed by atoms with E-state index in [0.717, 1.165) is 12.5 Å². The van der Waals surface area contributed by atoms with E-state index in [-0.39, 0.29) is 0 Å². The van der Waals surface area contributed by atoms with Gasteiger partial charge in [-0.25, -0.2) is 0 Å². The standard InChI is InChI=1S/C16H30N2/c1-13(2)7-10-18-11-15(14(3)4)17-12-16(18)8-5-6-9-16/h7,14-15,17H,5-6,8-12H2,1-4H3. The predicted molar refractivity (Wildman–Crippen MR) is 78.8 cm³/mol. The molecular weight excluding hydrogens is 220 g/mol. The van der Waals surface area contributed by atoms with Crippen LogP contribution >= 0.6 is 0 Å². The number of allylic oxidation sites excluding steroid dienone is 1. The maximum absolute atomic E-state index is 3.81. The van der Waals surface area contributed by atoms with Crippen LogP contribution in [0.4, 0.5) is 0 Å². The number of piperazine rings is 1. The molecule has 2 rings (SSSR count). The van der Waals surface area contributed by atoms with Gasteiger partial charge in [0.1, 0.15) is 0 Å². The van der Waals surface area contributed by atoms with Gasteiger partial charge < -0.3 is 5.32 Å². The summed E-state index contributed by atoms with van der Waals surface area (Å²) in [5.74, 6) is 0.734. The molecule has 1 unspecified atom stereocenters. The van der Waals surface area contributed by atoms with Crippen LogP contribution in [0, 0.1) is 5.92 Å². The Hall–Kier alpha value is -0.340. The number of rotatable bonds is 3. The first-order valence-electron chi connectivity index (χ1n) is 7.65. The zero-order valence-electron chi connectivity index (χ0n) is 12.6. The number of hydrogen-bond donors (Lipinski definition) is 1. The molecule has 0 bridgehead atoms. The van der Waals surface area contributed by atoms with Crippen molar-refractivity contribution in [3.05, 3.63) is 11.6 Å². The van der Waals surface area contributed by atoms with Gasteiger partial charge in [0.25, 0.3) is 0 Å². The van der Waals surface area contributed by atoms with Crippen LogP contribution in [-0.4, -0.2) is 36.1 Å². The molecule has 1 saturated heterocycles. The molecule has 1 heterocycles. The maximum atomic E-state index is 3.81. The van der Waals surface area contributed by atoms with Gasteiger partial charge in [-0.3, -0.25) is 4.90 Å². The highest BCUT2D eigenvalue weighted by molar-refractivity contribution is 5.05. The smallest absolute Gasteiger partial charge is 0.0338 e. The van der Waals surface area contributed by atoms with Crippen LogP contribution in [0.25, 0.3) is 0 Å². The Morgan fingerprint density at radius 3 is 2.56 bits per heavy atom. The SMILES string of the molecule is CC(C)=CCN1CC(C(C)C)NCC12CCCC2. The number of nitrogens with one attached hydrogen (secondary N) is 1. The molecule has 0 aromatic rings. The van der Waals surface area contributed by atoms with Gasteiger partial charge in [-0.15, -0.1) is 0 Å². The minimum atomic E-state index is 0.470. The van der Waals surface area contributed by atoms with E-state index in [9.17, 15) is 0 Å². The molecule has 1 aliphatic heterocycles. The van der Waals surface area contributed by atoms with Crippen molar-refractivity contribution < 1.29 is 0 Å². The minimum Gasteiger partial charge on any atom is -0.311 e. The van der Waals surface area contributed by atoms with Crippen molar-refractivity contribution in [1.29, 1.82) is 0 Å². The van der Waals surface area contributed by atoms with Gasteiger partial charge in [-0.05, 0) is 32.6 Å². The Morgan fingerprint density at radius 1 is 1.33 bits per heavy atom. The fourth-order valence-electron chi connectivity index (χ4n) is 3.46. The van der Waals surface area contributed by atoms with Crippen molar-refractivity contribution >= 4 is 0 Å². The van der Waals surface area contributed by atoms with E-state index < -0.39 is 0 Å². The van der Waals surface area contributed by atoms with Gasteiger partial charge in [-0.1, -0.05) is 38.3 Å². The molecule has 18 heavy (non-hydrogen) atoms. The first-order valence-corrected chi connectivity index (χ1v) is 7.65. The first-order chi connectivity index (χ1) is 8.53. The van der Waals surface area contributed by atoms with Gasteiger partial charge in [0.2, 0.25) is 0 Å². The molecule has 1 N–H and O–H groups in total. The molecule has 0 aromatic carbocycles. The van der Waals surface area contributed by atoms with Crippen molar-refractivity contribution in [2.45, 2.75) is 65.0 Å². The second-order valence-electron chi connectivity index (χ2n) is 6.85. The summed E-state index contributed by atoms with van der Waals surface area (Å²) in [6.07, 6.45) is 8.02. The second-order valence-corrected chi connectivity index (χ2v) is 6.85. The minimum absolute atomic E-state index is 0.470. The third-order valence-corrected chi connectivity index (χ3v) is 4.84. The topological polar surface area (TPSA) is 15.3 Å². The van der Waals surface area contributed by atoms with E-state index in [1.807, 2.05) is 0 Å². The molecule has 1 spiro atoms. The van der Waals surface area contributed by atoms with Crippen LogP contribution in [0.5, 0.6) is 0 Å². The summed E-state index contributed by atoms with van der Waals surface area (Å²) < 4.78 is 0. The molecule has 0 radical (unpaired) electrons. The molecular formula is C16H30N2. The summed E-state index contributed by atoms with van der Waals surface area (Å²) in [5, 5.41) is 3.81. The van der Waals surface area contributed by atoms with Gasteiger partial charge in [-0.2, -0.15) is 0 Å². The summed E-state index contributed by atoms with van der Waals surface area (Å²) in [5.41, 5.74) is 1.92. The second kappa shape index (κ2) is 5.75. The zero-order valence-corrected chi connectivity index (χ0v) is 12.6. The van der Waals surface area contributed by atoms with E-state index in [2.05, 4.69) is 44.0 Å². The summed E-state index contributed by atoms with van der Waals surface area (Å²) in [6.45, 7) is 12.7. The first kappa shape index (κ1) is 14.1. The summed E-state index contributed by atoms with van der Waals surface area (Å²) in [6, 6.07) is 0.668. The van der Waals surface area contributed by atoms with E-state index in [0.29, 0.717) is 11.6 Å². The Morgan fingerprint density at radius 2 is 2.00 bits per heavy atom. The van der Waals surface area contributed by atoms with Crippen molar-refractivity contribution in [2.75, 3.05) is 19.6 Å². The molecule has 1 saturated carbocycles. The monoisotopic (exact) mass is 250 g/mol. The van der Waals surface area contributed by atoms with Crippen LogP contribution < -0.4 is 5.32 Å². The van der Waals surface area contributed by atoms with E-state index in [1.165, 1.54) is 44.3 Å². The lowest BCUT2D eigenvalue weighted by Crippen LogP contribution is -2.64. The zero-order chi connectivity index (χ0) is 13.2. The van der Waals surface area contributed by atoms with E-state index >= 15 is 0 Å². The fraction of sp³-hybridized carbons (Fsp3) is 0.875. The largest absolute Gasteiger partial charge is 0.311 e. The average Bonchev–Trinajstić information content (AvgIpc) is 2.77. The van der Waals surface area contributed by atoms with Crippen LogP contribution in [0.3, 0.4) is 0 Å². The summed E-state index contributed by atoms with van der Waals surface area (Å²) in [4.78, 5) is 2.77. The number of hydrogen-bond acceptors (Lipinski definition) is 2. The molecule has 2 nitrogen and oxygen atoms in total. The van der Waals surface area contributed by atoms with Crippen LogP contribution in [0.1, 0.15) is 53.4 Å². The Labute approximate surface area is 113 Å². The molecule has 1 atom stereocenters. The van der Waals surface area contributed by atoms with Gasteiger partial charge in [0, 0.05) is 31.2 Å². The molecule has 2 aliphatic rings. The highest BCUT2D eigenvalue weighted by Crippen LogP contribution is 2.37. The highest BCUT2D eigenvalue weighted by Gasteiger charge is 2.43. The fourth-order valence-corrected chi connectivity index (χ4v) is 3.46. The predicted octanol–water partition coefficient (Wildman–Crippen LogP) is 3.20. The van der Waals surface area contributed by atoms with Gasteiger partial charge in [0.15, 0.2) is 0 Å². The molecule has 2 heteroatoms. The Bertz CT molecular complexity index is 296. The lowest BCUT2D eigenvalue weighted by Gasteiger charge is -2.49. The van der Waals surface area contributed by atoms with Crippen molar-refractivity contribution in [3.63, 3.8) is 0 Å². The van der Waals surface area contributed by atoms with Crippen molar-refractivity contribution in [3.8, 4) is 0 Å². The van der Waals surface area contributed by atoms with Crippen LogP contribution in [-0.2, 0) is 0 Å². The van der Waals surface area contributed by atoms with E-state index in [4.69, 9.17) is 0 Å². The molecule has 2 fully saturated rings. The van der Waals surface area contributed by atoms with Crippen molar-refractivity contribution in [1.82, 2.24) is 10.2 Å².